The van der Waals surface area contributed by atoms with Crippen molar-refractivity contribution in [1.29, 1.82) is 0 Å². The fourth-order valence-electron chi connectivity index (χ4n) is 4.06. The largest absolute Gasteiger partial charge is 0.493 e. The Morgan fingerprint density at radius 1 is 1.12 bits per heavy atom. The third kappa shape index (κ3) is 5.72. The number of ether oxygens (including phenoxy) is 3. The van der Waals surface area contributed by atoms with Gasteiger partial charge in [0, 0.05) is 25.3 Å². The molecule has 0 bridgehead atoms. The van der Waals surface area contributed by atoms with E-state index in [1.165, 1.54) is 0 Å². The number of methoxy groups -OCH3 is 1. The molecule has 0 unspecified atom stereocenters. The van der Waals surface area contributed by atoms with Gasteiger partial charge in [-0.3, -0.25) is 4.90 Å². The summed E-state index contributed by atoms with van der Waals surface area (Å²) in [5.74, 6) is 0.701. The Balaban J connectivity index is 1.98. The molecule has 0 spiro atoms. The molecule has 32 heavy (non-hydrogen) atoms. The van der Waals surface area contributed by atoms with Gasteiger partial charge in [-0.1, -0.05) is 6.07 Å². The summed E-state index contributed by atoms with van der Waals surface area (Å²) in [6, 6.07) is 4.41. The van der Waals surface area contributed by atoms with Gasteiger partial charge in [-0.25, -0.2) is 9.59 Å². The van der Waals surface area contributed by atoms with Crippen molar-refractivity contribution < 1.29 is 23.8 Å². The minimum atomic E-state index is -0.656. The van der Waals surface area contributed by atoms with E-state index in [0.29, 0.717) is 35.9 Å². The van der Waals surface area contributed by atoms with Crippen LogP contribution >= 0.6 is 0 Å². The number of amides is 2. The normalized spacial score (nSPS) is 20.2. The van der Waals surface area contributed by atoms with Gasteiger partial charge in [0.05, 0.1) is 31.9 Å². The van der Waals surface area contributed by atoms with Gasteiger partial charge in [-0.15, -0.1) is 0 Å². The van der Waals surface area contributed by atoms with Crippen LogP contribution in [0.5, 0.6) is 11.5 Å². The van der Waals surface area contributed by atoms with E-state index in [4.69, 9.17) is 14.2 Å². The molecule has 0 radical (unpaired) electrons. The highest BCUT2D eigenvalue weighted by molar-refractivity contribution is 5.95. The van der Waals surface area contributed by atoms with Crippen molar-refractivity contribution in [2.45, 2.75) is 26.3 Å². The lowest BCUT2D eigenvalue weighted by Crippen LogP contribution is -2.48. The number of carbonyl (C=O) groups excluding carboxylic acids is 2. The van der Waals surface area contributed by atoms with Crippen molar-refractivity contribution in [1.82, 2.24) is 20.4 Å². The lowest BCUT2D eigenvalue weighted by molar-refractivity contribution is -0.139. The van der Waals surface area contributed by atoms with Gasteiger partial charge in [0.2, 0.25) is 0 Å². The van der Waals surface area contributed by atoms with E-state index in [0.717, 1.165) is 38.2 Å². The fraction of sp³-hybridized carbons (Fsp3) is 0.565. The second kappa shape index (κ2) is 11.2. The zero-order valence-corrected chi connectivity index (χ0v) is 19.4. The Morgan fingerprint density at radius 2 is 1.94 bits per heavy atom. The minimum absolute atomic E-state index is 0.247. The molecule has 1 saturated heterocycles. The summed E-state index contributed by atoms with van der Waals surface area (Å²) in [5.41, 5.74) is 1.71. The van der Waals surface area contributed by atoms with E-state index >= 15 is 0 Å². The van der Waals surface area contributed by atoms with Crippen molar-refractivity contribution in [3.63, 3.8) is 0 Å². The standard InChI is InChI=1S/C23H34N4O5/c1-5-31-18-9-8-16(14-19(18)30-4)21-20(22(28)32-6-2)17(24-23(29)25-21)15-27-11-7-10-26(3)12-13-27/h8-9,14,21H,5-7,10-13,15H2,1-4H3,(H2,24,25,29)/t21-/m0/s1. The van der Waals surface area contributed by atoms with Crippen molar-refractivity contribution in [2.75, 3.05) is 60.1 Å². The summed E-state index contributed by atoms with van der Waals surface area (Å²) in [7, 11) is 3.67. The molecule has 1 fully saturated rings. The van der Waals surface area contributed by atoms with Gasteiger partial charge in [-0.2, -0.15) is 0 Å². The van der Waals surface area contributed by atoms with Crippen LogP contribution in [0.25, 0.3) is 0 Å². The third-order valence-electron chi connectivity index (χ3n) is 5.66. The van der Waals surface area contributed by atoms with Crippen LogP contribution in [0.4, 0.5) is 4.79 Å². The maximum atomic E-state index is 13.0. The summed E-state index contributed by atoms with van der Waals surface area (Å²) in [4.78, 5) is 30.2. The number of carbonyl (C=O) groups is 2. The van der Waals surface area contributed by atoms with E-state index in [2.05, 4.69) is 27.5 Å². The lowest BCUT2D eigenvalue weighted by Gasteiger charge is -2.32. The van der Waals surface area contributed by atoms with Crippen molar-refractivity contribution in [3.05, 3.63) is 35.0 Å². The molecule has 176 valence electrons. The van der Waals surface area contributed by atoms with Crippen LogP contribution in [0.15, 0.2) is 29.5 Å². The minimum Gasteiger partial charge on any atom is -0.493 e. The van der Waals surface area contributed by atoms with Gasteiger partial charge >= 0.3 is 12.0 Å². The highest BCUT2D eigenvalue weighted by atomic mass is 16.5. The summed E-state index contributed by atoms with van der Waals surface area (Å²) < 4.78 is 16.5. The van der Waals surface area contributed by atoms with E-state index in [9.17, 15) is 9.59 Å². The maximum absolute atomic E-state index is 13.0. The number of hydrogen-bond donors (Lipinski definition) is 2. The molecule has 9 heteroatoms. The second-order valence-electron chi connectivity index (χ2n) is 7.92. The van der Waals surface area contributed by atoms with Gasteiger partial charge in [0.1, 0.15) is 0 Å². The molecule has 2 aliphatic heterocycles. The fourth-order valence-corrected chi connectivity index (χ4v) is 4.06. The van der Waals surface area contributed by atoms with Crippen LogP contribution in [0, 0.1) is 0 Å². The second-order valence-corrected chi connectivity index (χ2v) is 7.92. The summed E-state index contributed by atoms with van der Waals surface area (Å²) in [6.07, 6.45) is 1.03. The van der Waals surface area contributed by atoms with Crippen LogP contribution in [0.2, 0.25) is 0 Å². The van der Waals surface area contributed by atoms with Gasteiger partial charge < -0.3 is 29.7 Å². The molecule has 2 heterocycles. The zero-order chi connectivity index (χ0) is 23.1. The number of hydrogen-bond acceptors (Lipinski definition) is 7. The number of esters is 1. The number of rotatable bonds is 8. The first kappa shape index (κ1) is 23.9. The van der Waals surface area contributed by atoms with Crippen LogP contribution in [0.1, 0.15) is 31.9 Å². The molecular weight excluding hydrogens is 412 g/mol. The Hall–Kier alpha value is -2.78. The molecule has 0 saturated carbocycles. The molecule has 2 N–H and O–H groups in total. The first-order valence-corrected chi connectivity index (χ1v) is 11.2. The summed E-state index contributed by atoms with van der Waals surface area (Å²) in [6.45, 7) is 8.62. The van der Waals surface area contributed by atoms with Crippen molar-refractivity contribution >= 4 is 12.0 Å². The molecular formula is C23H34N4O5. The number of benzene rings is 1. The Labute approximate surface area is 189 Å². The average molecular weight is 447 g/mol. The topological polar surface area (TPSA) is 92.4 Å². The molecule has 3 rings (SSSR count). The Morgan fingerprint density at radius 3 is 2.66 bits per heavy atom. The summed E-state index contributed by atoms with van der Waals surface area (Å²) >= 11 is 0. The lowest BCUT2D eigenvalue weighted by atomic mass is 9.94. The molecule has 2 amide bonds. The number of nitrogens with one attached hydrogen (secondary N) is 2. The van der Waals surface area contributed by atoms with E-state index in [1.54, 1.807) is 26.2 Å². The molecule has 0 aromatic heterocycles. The number of urea groups is 1. The van der Waals surface area contributed by atoms with E-state index in [-0.39, 0.29) is 12.6 Å². The highest BCUT2D eigenvalue weighted by Crippen LogP contribution is 2.34. The molecule has 2 aliphatic rings. The first-order chi connectivity index (χ1) is 15.5. The predicted molar refractivity (Wildman–Crippen MR) is 121 cm³/mol. The Bertz CT molecular complexity index is 857. The zero-order valence-electron chi connectivity index (χ0n) is 19.4. The molecule has 9 nitrogen and oxygen atoms in total. The van der Waals surface area contributed by atoms with Crippen LogP contribution in [-0.4, -0.2) is 81.9 Å². The van der Waals surface area contributed by atoms with Crippen LogP contribution < -0.4 is 20.1 Å². The smallest absolute Gasteiger partial charge is 0.338 e. The highest BCUT2D eigenvalue weighted by Gasteiger charge is 2.35. The molecule has 1 aromatic rings. The summed E-state index contributed by atoms with van der Waals surface area (Å²) in [5, 5.41) is 5.74. The van der Waals surface area contributed by atoms with Crippen LogP contribution in [-0.2, 0) is 9.53 Å². The van der Waals surface area contributed by atoms with E-state index < -0.39 is 12.0 Å². The van der Waals surface area contributed by atoms with Gasteiger partial charge in [-0.05, 0) is 58.1 Å². The third-order valence-corrected chi connectivity index (χ3v) is 5.66. The molecule has 1 aromatic carbocycles. The van der Waals surface area contributed by atoms with Gasteiger partial charge in [0.25, 0.3) is 0 Å². The van der Waals surface area contributed by atoms with Crippen LogP contribution in [0.3, 0.4) is 0 Å². The molecule has 1 atom stereocenters. The molecule has 0 aliphatic carbocycles. The number of likely N-dealkylation sites (N-methyl/N-ethyl adjacent to an activating group) is 1. The predicted octanol–water partition coefficient (Wildman–Crippen LogP) is 1.90. The van der Waals surface area contributed by atoms with Crippen molar-refractivity contribution in [3.8, 4) is 11.5 Å². The van der Waals surface area contributed by atoms with E-state index in [1.807, 2.05) is 13.0 Å². The number of nitrogens with zero attached hydrogens (tertiary/aromatic N) is 2. The quantitative estimate of drug-likeness (QED) is 0.589. The maximum Gasteiger partial charge on any atom is 0.338 e. The Kier molecular flexibility index (Phi) is 8.35. The SMILES string of the molecule is CCOC(=O)C1=C(CN2CCCN(C)CC2)NC(=O)N[C@H]1c1ccc(OCC)c(OC)c1. The first-order valence-electron chi connectivity index (χ1n) is 11.2. The monoisotopic (exact) mass is 446 g/mol. The average Bonchev–Trinajstić information content (AvgIpc) is 2.98. The van der Waals surface area contributed by atoms with Gasteiger partial charge in [0.15, 0.2) is 11.5 Å². The van der Waals surface area contributed by atoms with Crippen molar-refractivity contribution in [2.24, 2.45) is 0 Å².